The van der Waals surface area contributed by atoms with Crippen LogP contribution in [-0.2, 0) is 38.4 Å². The zero-order valence-corrected chi connectivity index (χ0v) is 42.6. The van der Waals surface area contributed by atoms with E-state index in [-0.39, 0.29) is 46.5 Å². The van der Waals surface area contributed by atoms with E-state index >= 15 is 0 Å². The highest BCUT2D eigenvalue weighted by molar-refractivity contribution is 8.00. The quantitative estimate of drug-likeness (QED) is 0.121. The van der Waals surface area contributed by atoms with Gasteiger partial charge in [-0.1, -0.05) is 74.5 Å². The van der Waals surface area contributed by atoms with Gasteiger partial charge in [-0.15, -0.1) is 23.5 Å². The number of carbonyl (C=O) groups is 8. The van der Waals surface area contributed by atoms with E-state index in [4.69, 9.17) is 0 Å². The average Bonchev–Trinajstić information content (AvgIpc) is 3.81. The van der Waals surface area contributed by atoms with Crippen LogP contribution >= 0.6 is 23.5 Å². The van der Waals surface area contributed by atoms with E-state index in [1.165, 1.54) is 0 Å². The molecule has 7 rings (SSSR count). The lowest BCUT2D eigenvalue weighted by atomic mass is 9.83. The minimum Gasteiger partial charge on any atom is -0.351 e. The van der Waals surface area contributed by atoms with Crippen molar-refractivity contribution in [1.82, 2.24) is 52.3 Å². The molecule has 0 aromatic heterocycles. The van der Waals surface area contributed by atoms with Gasteiger partial charge < -0.3 is 52.3 Å². The van der Waals surface area contributed by atoms with Gasteiger partial charge in [0.25, 0.3) is 0 Å². The maximum atomic E-state index is 14.6. The van der Waals surface area contributed by atoms with Crippen LogP contribution in [0.4, 0.5) is 0 Å². The number of amides is 8. The molecule has 0 radical (unpaired) electrons. The molecule has 0 spiro atoms. The Hall–Kier alpha value is -5.18. The van der Waals surface area contributed by atoms with Crippen LogP contribution in [0.25, 0.3) is 0 Å². The number of carbonyl (C=O) groups excluding carboxylic acids is 8. The summed E-state index contributed by atoms with van der Waals surface area (Å²) in [6, 6.07) is 11.1. The van der Waals surface area contributed by atoms with Crippen LogP contribution in [0.1, 0.15) is 109 Å². The Morgan fingerprint density at radius 1 is 0.557 bits per heavy atom. The van der Waals surface area contributed by atoms with Gasteiger partial charge in [0.05, 0.1) is 22.8 Å². The number of nitrogens with zero attached hydrogens (tertiary/aromatic N) is 2. The van der Waals surface area contributed by atoms with Gasteiger partial charge in [0.1, 0.15) is 36.3 Å². The molecule has 10 atom stereocenters. The number of nitrogens with one attached hydrogen (secondary N) is 8. The van der Waals surface area contributed by atoms with E-state index < -0.39 is 77.4 Å². The topological polar surface area (TPSA) is 239 Å². The molecule has 18 nitrogen and oxygen atoms in total. The zero-order chi connectivity index (χ0) is 50.3. The zero-order valence-electron chi connectivity index (χ0n) is 41.0. The smallest absolute Gasteiger partial charge is 0.247 e. The molecule has 5 aliphatic rings. The Labute approximate surface area is 419 Å². The molecule has 2 aromatic carbocycles. The van der Waals surface area contributed by atoms with E-state index in [9.17, 15) is 38.4 Å². The highest BCUT2D eigenvalue weighted by atomic mass is 32.2. The van der Waals surface area contributed by atoms with Crippen LogP contribution in [0, 0.1) is 5.41 Å². The van der Waals surface area contributed by atoms with Gasteiger partial charge in [0.15, 0.2) is 0 Å². The van der Waals surface area contributed by atoms with Crippen LogP contribution in [0.3, 0.4) is 0 Å². The molecular formula is C50H70N10O8S2. The van der Waals surface area contributed by atoms with Crippen molar-refractivity contribution >= 4 is 70.8 Å². The van der Waals surface area contributed by atoms with Crippen molar-refractivity contribution in [2.45, 2.75) is 157 Å². The minimum atomic E-state index is -1.07. The summed E-state index contributed by atoms with van der Waals surface area (Å²) >= 11 is 3.19. The van der Waals surface area contributed by atoms with Gasteiger partial charge in [-0.05, 0) is 114 Å². The molecule has 0 unspecified atom stereocenters. The minimum absolute atomic E-state index is 0.218. The maximum absolute atomic E-state index is 14.6. The lowest BCUT2D eigenvalue weighted by Crippen LogP contribution is -2.59. The van der Waals surface area contributed by atoms with Gasteiger partial charge in [0.2, 0.25) is 47.3 Å². The van der Waals surface area contributed by atoms with Crippen molar-refractivity contribution in [2.75, 3.05) is 25.6 Å². The number of benzene rings is 2. The lowest BCUT2D eigenvalue weighted by molar-refractivity contribution is -0.144. The highest BCUT2D eigenvalue weighted by Crippen LogP contribution is 2.46. The Balaban J connectivity index is 0.982. The molecule has 1 saturated carbocycles. The summed E-state index contributed by atoms with van der Waals surface area (Å²) in [5.41, 5.74) is 0.530. The van der Waals surface area contributed by atoms with Crippen molar-refractivity contribution in [1.29, 1.82) is 0 Å². The molecule has 8 amide bonds. The number of thioether (sulfide) groups is 2. The molecular weight excluding hydrogens is 933 g/mol. The second-order valence-corrected chi connectivity index (χ2v) is 22.4. The Morgan fingerprint density at radius 2 is 1.00 bits per heavy atom. The number of likely N-dealkylation sites (N-methyl/N-ethyl adjacent to an activating group) is 2. The standard InChI is InChI=1S/C50H70N10O8S2/c1-28(51-5)42(61)55-34-23-25-69-37-22-21-36(59(37)48(34)67)44(63)57-39(30-13-9-7-10-14-30)45(64)53-32-17-19-33(20-18-32)54-46(65)40(31-15-11-8-12-16-31)58-47(66)41-50(3,4)27-38-60(41)49(68)35(24-26-70-38)56-43(62)29(2)52-6/h7-16,28-29,32-41,51-52H,17-27H2,1-6H3,(H,53,64)(H,54,65)(H,55,61)(H,56,62)(H,57,63)(H,58,66)/t28-,29-,32?,33?,34-,35+,36-,37-,38-,39+,40-,41+/m0/s1. The van der Waals surface area contributed by atoms with Crippen molar-refractivity contribution < 1.29 is 38.4 Å². The fourth-order valence-electron chi connectivity index (χ4n) is 10.3. The molecule has 4 aliphatic heterocycles. The van der Waals surface area contributed by atoms with Crippen LogP contribution < -0.4 is 42.5 Å². The van der Waals surface area contributed by atoms with Crippen molar-refractivity contribution in [3.63, 3.8) is 0 Å². The molecule has 4 saturated heterocycles. The van der Waals surface area contributed by atoms with Crippen LogP contribution in [0.15, 0.2) is 60.7 Å². The number of hydrogen-bond donors (Lipinski definition) is 8. The van der Waals surface area contributed by atoms with Crippen molar-refractivity contribution in [3.05, 3.63) is 71.8 Å². The van der Waals surface area contributed by atoms with E-state index in [0.717, 1.165) is 0 Å². The molecule has 70 heavy (non-hydrogen) atoms. The normalized spacial score (nSPS) is 28.0. The van der Waals surface area contributed by atoms with Gasteiger partial charge in [0, 0.05) is 12.1 Å². The fourth-order valence-corrected chi connectivity index (χ4v) is 13.2. The Bertz CT molecular complexity index is 2230. The summed E-state index contributed by atoms with van der Waals surface area (Å²) < 4.78 is 0. The Morgan fingerprint density at radius 3 is 1.47 bits per heavy atom. The molecule has 5 fully saturated rings. The first kappa shape index (κ1) is 52.6. The third-order valence-corrected chi connectivity index (χ3v) is 17.1. The predicted molar refractivity (Wildman–Crippen MR) is 269 cm³/mol. The van der Waals surface area contributed by atoms with Crippen LogP contribution in [-0.4, -0.2) is 142 Å². The predicted octanol–water partition coefficient (Wildman–Crippen LogP) is 1.97. The molecule has 380 valence electrons. The number of rotatable bonds is 16. The summed E-state index contributed by atoms with van der Waals surface area (Å²) in [5, 5.41) is 23.4. The highest BCUT2D eigenvalue weighted by Gasteiger charge is 2.55. The second-order valence-electron chi connectivity index (χ2n) is 19.8. The van der Waals surface area contributed by atoms with Crippen molar-refractivity contribution in [2.24, 2.45) is 5.41 Å². The lowest BCUT2D eigenvalue weighted by Gasteiger charge is -2.35. The van der Waals surface area contributed by atoms with Gasteiger partial charge in [-0.3, -0.25) is 38.4 Å². The first-order valence-electron chi connectivity index (χ1n) is 24.7. The van der Waals surface area contributed by atoms with Gasteiger partial charge >= 0.3 is 0 Å². The summed E-state index contributed by atoms with van der Waals surface area (Å²) in [6.45, 7) is 7.33. The molecule has 8 N–H and O–H groups in total. The summed E-state index contributed by atoms with van der Waals surface area (Å²) in [5.74, 6) is -1.62. The fraction of sp³-hybridized carbons (Fsp3) is 0.600. The van der Waals surface area contributed by atoms with Crippen molar-refractivity contribution in [3.8, 4) is 0 Å². The summed E-state index contributed by atoms with van der Waals surface area (Å²) in [6.07, 6.45) is 4.62. The summed E-state index contributed by atoms with van der Waals surface area (Å²) in [4.78, 5) is 114. The molecule has 4 heterocycles. The SMILES string of the molecule is CN[C@@H](C)C(=O)N[C@H]1CCS[C@H]2CC[C@@H](C(=O)N[C@@H](C(=O)NC3CCC(NC(=O)[C@@H](NC(=O)[C@H]4N5C(=O)[C@H](NC(=O)[C@H](C)NC)CCS[C@H]5CC4(C)C)c4ccccc4)CC3)c3ccccc3)N2C1=O. The van der Waals surface area contributed by atoms with Crippen LogP contribution in [0.2, 0.25) is 0 Å². The van der Waals surface area contributed by atoms with E-state index in [0.29, 0.717) is 80.4 Å². The second kappa shape index (κ2) is 23.4. The first-order chi connectivity index (χ1) is 33.5. The number of hydrogen-bond acceptors (Lipinski definition) is 12. The van der Waals surface area contributed by atoms with Crippen LogP contribution in [0.5, 0.6) is 0 Å². The third kappa shape index (κ3) is 12.1. The first-order valence-corrected chi connectivity index (χ1v) is 26.7. The number of fused-ring (bicyclic) bond motifs is 2. The van der Waals surface area contributed by atoms with E-state index in [1.807, 2.05) is 26.0 Å². The van der Waals surface area contributed by atoms with E-state index in [2.05, 4.69) is 42.5 Å². The molecule has 1 aliphatic carbocycles. The average molecular weight is 1000 g/mol. The molecule has 0 bridgehead atoms. The third-order valence-electron chi connectivity index (χ3n) is 14.5. The maximum Gasteiger partial charge on any atom is 0.247 e. The molecule has 20 heteroatoms. The van der Waals surface area contributed by atoms with Gasteiger partial charge in [-0.25, -0.2) is 0 Å². The molecule has 2 aromatic rings. The van der Waals surface area contributed by atoms with Gasteiger partial charge in [-0.2, -0.15) is 0 Å². The van der Waals surface area contributed by atoms with E-state index in [1.54, 1.807) is 110 Å². The summed E-state index contributed by atoms with van der Waals surface area (Å²) in [7, 11) is 3.34. The monoisotopic (exact) mass is 1000 g/mol. The Kier molecular flexibility index (Phi) is 17.6. The largest absolute Gasteiger partial charge is 0.351 e.